The number of rotatable bonds is 3. The molecule has 0 unspecified atom stereocenters. The summed E-state index contributed by atoms with van der Waals surface area (Å²) in [4.78, 5) is 13.9. The molecule has 2 rings (SSSR count). The van der Waals surface area contributed by atoms with Crippen LogP contribution in [0.5, 0.6) is 0 Å². The van der Waals surface area contributed by atoms with Crippen molar-refractivity contribution in [3.05, 3.63) is 9.26 Å². The van der Waals surface area contributed by atoms with E-state index in [1.165, 1.54) is 0 Å². The van der Waals surface area contributed by atoms with Crippen molar-refractivity contribution in [1.82, 2.24) is 14.9 Å². The molecule has 1 aromatic heterocycles. The van der Waals surface area contributed by atoms with Crippen molar-refractivity contribution < 1.29 is 0 Å². The standard InChI is InChI=1S/C12H20IN5/c1-4-9-10(13)11(14-2)16-12(15-9)18-7-5-17(3)6-8-18/h4-8H2,1-3H3,(H,14,15,16). The molecule has 100 valence electrons. The third-order valence-electron chi connectivity index (χ3n) is 3.27. The molecule has 0 radical (unpaired) electrons. The first kappa shape index (κ1) is 13.8. The summed E-state index contributed by atoms with van der Waals surface area (Å²) in [5.41, 5.74) is 1.13. The van der Waals surface area contributed by atoms with Crippen molar-refractivity contribution in [1.29, 1.82) is 0 Å². The lowest BCUT2D eigenvalue weighted by Gasteiger charge is -2.32. The molecule has 1 aromatic rings. The molecule has 1 aliphatic rings. The molecule has 1 fully saturated rings. The second-order valence-electron chi connectivity index (χ2n) is 4.53. The second-order valence-corrected chi connectivity index (χ2v) is 5.61. The Hall–Kier alpha value is -0.630. The Balaban J connectivity index is 2.27. The van der Waals surface area contributed by atoms with Gasteiger partial charge in [-0.3, -0.25) is 0 Å². The molecule has 2 heterocycles. The van der Waals surface area contributed by atoms with Gasteiger partial charge in [-0.05, 0) is 36.1 Å². The number of piperazine rings is 1. The fourth-order valence-corrected chi connectivity index (χ4v) is 2.92. The van der Waals surface area contributed by atoms with Crippen LogP contribution in [-0.2, 0) is 6.42 Å². The summed E-state index contributed by atoms with van der Waals surface area (Å²) in [7, 11) is 4.07. The molecule has 0 bridgehead atoms. The molecular formula is C12H20IN5. The van der Waals surface area contributed by atoms with Gasteiger partial charge >= 0.3 is 0 Å². The van der Waals surface area contributed by atoms with E-state index in [2.05, 4.69) is 56.7 Å². The van der Waals surface area contributed by atoms with Crippen LogP contribution in [0, 0.1) is 3.57 Å². The molecule has 1 saturated heterocycles. The first-order valence-corrected chi connectivity index (χ1v) is 7.41. The second kappa shape index (κ2) is 6.01. The zero-order valence-corrected chi connectivity index (χ0v) is 13.4. The van der Waals surface area contributed by atoms with E-state index < -0.39 is 0 Å². The largest absolute Gasteiger partial charge is 0.372 e. The SMILES string of the molecule is CCc1nc(N2CCN(C)CC2)nc(NC)c1I. The van der Waals surface area contributed by atoms with Crippen LogP contribution in [0.3, 0.4) is 0 Å². The molecule has 0 atom stereocenters. The number of hydrogen-bond acceptors (Lipinski definition) is 5. The van der Waals surface area contributed by atoms with Crippen molar-refractivity contribution in [2.24, 2.45) is 0 Å². The number of anilines is 2. The molecule has 6 heteroatoms. The smallest absolute Gasteiger partial charge is 0.227 e. The highest BCUT2D eigenvalue weighted by Gasteiger charge is 2.19. The van der Waals surface area contributed by atoms with E-state index in [0.717, 1.165) is 53.6 Å². The zero-order valence-electron chi connectivity index (χ0n) is 11.2. The summed E-state index contributed by atoms with van der Waals surface area (Å²) in [5.74, 6) is 1.81. The van der Waals surface area contributed by atoms with Crippen molar-refractivity contribution >= 4 is 34.4 Å². The molecule has 1 aliphatic heterocycles. The van der Waals surface area contributed by atoms with Gasteiger partial charge in [-0.25, -0.2) is 4.98 Å². The number of halogens is 1. The molecule has 0 amide bonds. The van der Waals surface area contributed by atoms with Crippen LogP contribution in [-0.4, -0.2) is 55.1 Å². The fraction of sp³-hybridized carbons (Fsp3) is 0.667. The summed E-state index contributed by atoms with van der Waals surface area (Å²) >= 11 is 2.32. The van der Waals surface area contributed by atoms with Crippen LogP contribution in [0.25, 0.3) is 0 Å². The minimum Gasteiger partial charge on any atom is -0.372 e. The number of nitrogens with one attached hydrogen (secondary N) is 1. The van der Waals surface area contributed by atoms with Crippen molar-refractivity contribution in [2.45, 2.75) is 13.3 Å². The zero-order chi connectivity index (χ0) is 13.1. The van der Waals surface area contributed by atoms with Crippen LogP contribution in [0.2, 0.25) is 0 Å². The van der Waals surface area contributed by atoms with E-state index in [-0.39, 0.29) is 0 Å². The Labute approximate surface area is 122 Å². The molecular weight excluding hydrogens is 341 g/mol. The predicted molar refractivity (Wildman–Crippen MR) is 83.4 cm³/mol. The topological polar surface area (TPSA) is 44.3 Å². The Kier molecular flexibility index (Phi) is 4.60. The predicted octanol–water partition coefficient (Wildman–Crippen LogP) is 1.44. The molecule has 5 nitrogen and oxygen atoms in total. The molecule has 0 aromatic carbocycles. The van der Waals surface area contributed by atoms with E-state index in [1.54, 1.807) is 0 Å². The Morgan fingerprint density at radius 1 is 1.22 bits per heavy atom. The average molecular weight is 361 g/mol. The van der Waals surface area contributed by atoms with Gasteiger partial charge in [0.05, 0.1) is 9.26 Å². The third-order valence-corrected chi connectivity index (χ3v) is 4.40. The normalized spacial score (nSPS) is 17.0. The molecule has 0 spiro atoms. The highest BCUT2D eigenvalue weighted by atomic mass is 127. The summed E-state index contributed by atoms with van der Waals surface area (Å²) < 4.78 is 1.13. The van der Waals surface area contributed by atoms with Gasteiger partial charge in [0.2, 0.25) is 5.95 Å². The van der Waals surface area contributed by atoms with Gasteiger partial charge in [-0.1, -0.05) is 6.92 Å². The van der Waals surface area contributed by atoms with Gasteiger partial charge in [-0.2, -0.15) is 4.98 Å². The van der Waals surface area contributed by atoms with Gasteiger partial charge < -0.3 is 15.1 Å². The van der Waals surface area contributed by atoms with E-state index in [0.29, 0.717) is 0 Å². The lowest BCUT2D eigenvalue weighted by Crippen LogP contribution is -2.45. The van der Waals surface area contributed by atoms with E-state index in [9.17, 15) is 0 Å². The number of hydrogen-bond donors (Lipinski definition) is 1. The molecule has 0 aliphatic carbocycles. The maximum atomic E-state index is 4.70. The van der Waals surface area contributed by atoms with Crippen LogP contribution >= 0.6 is 22.6 Å². The first-order chi connectivity index (χ1) is 8.65. The van der Waals surface area contributed by atoms with Gasteiger partial charge in [0, 0.05) is 33.2 Å². The lowest BCUT2D eigenvalue weighted by molar-refractivity contribution is 0.311. The fourth-order valence-electron chi connectivity index (χ4n) is 2.03. The lowest BCUT2D eigenvalue weighted by atomic mass is 10.3. The quantitative estimate of drug-likeness (QED) is 0.826. The maximum absolute atomic E-state index is 4.70. The highest BCUT2D eigenvalue weighted by molar-refractivity contribution is 14.1. The minimum absolute atomic E-state index is 0.865. The van der Waals surface area contributed by atoms with Gasteiger partial charge in [0.25, 0.3) is 0 Å². The van der Waals surface area contributed by atoms with E-state index in [4.69, 9.17) is 4.98 Å². The van der Waals surface area contributed by atoms with Crippen LogP contribution < -0.4 is 10.2 Å². The summed E-state index contributed by atoms with van der Waals surface area (Å²) in [6, 6.07) is 0. The van der Waals surface area contributed by atoms with Crippen molar-refractivity contribution in [2.75, 3.05) is 50.5 Å². The minimum atomic E-state index is 0.865. The van der Waals surface area contributed by atoms with Gasteiger partial charge in [-0.15, -0.1) is 0 Å². The monoisotopic (exact) mass is 361 g/mol. The number of nitrogens with zero attached hydrogens (tertiary/aromatic N) is 4. The number of likely N-dealkylation sites (N-methyl/N-ethyl adjacent to an activating group) is 1. The highest BCUT2D eigenvalue weighted by Crippen LogP contribution is 2.23. The van der Waals surface area contributed by atoms with Crippen molar-refractivity contribution in [3.8, 4) is 0 Å². The van der Waals surface area contributed by atoms with Gasteiger partial charge in [0.1, 0.15) is 5.82 Å². The number of aryl methyl sites for hydroxylation is 1. The third kappa shape index (κ3) is 2.85. The Morgan fingerprint density at radius 3 is 2.44 bits per heavy atom. The summed E-state index contributed by atoms with van der Waals surface area (Å²) in [5, 5.41) is 3.16. The number of aromatic nitrogens is 2. The average Bonchev–Trinajstić information content (AvgIpc) is 2.40. The Bertz CT molecular complexity index is 390. The van der Waals surface area contributed by atoms with Crippen LogP contribution in [0.4, 0.5) is 11.8 Å². The van der Waals surface area contributed by atoms with Crippen LogP contribution in [0.15, 0.2) is 0 Å². The van der Waals surface area contributed by atoms with Gasteiger partial charge in [0.15, 0.2) is 0 Å². The van der Waals surface area contributed by atoms with Crippen molar-refractivity contribution in [3.63, 3.8) is 0 Å². The molecule has 18 heavy (non-hydrogen) atoms. The summed E-state index contributed by atoms with van der Waals surface area (Å²) in [6.45, 7) is 6.29. The van der Waals surface area contributed by atoms with Crippen LogP contribution in [0.1, 0.15) is 12.6 Å². The molecule has 0 saturated carbocycles. The van der Waals surface area contributed by atoms with E-state index in [1.807, 2.05) is 7.05 Å². The summed E-state index contributed by atoms with van der Waals surface area (Å²) in [6.07, 6.45) is 0.941. The maximum Gasteiger partial charge on any atom is 0.227 e. The molecule has 1 N–H and O–H groups in total. The first-order valence-electron chi connectivity index (χ1n) is 6.33. The Morgan fingerprint density at radius 2 is 1.89 bits per heavy atom. The van der Waals surface area contributed by atoms with E-state index >= 15 is 0 Å².